The summed E-state index contributed by atoms with van der Waals surface area (Å²) in [5, 5.41) is 3.35. The Bertz CT molecular complexity index is 517. The molecular weight excluding hydrogens is 264 g/mol. The van der Waals surface area contributed by atoms with Gasteiger partial charge >= 0.3 is 0 Å². The molecule has 21 heavy (non-hydrogen) atoms. The number of nitrogens with zero attached hydrogens (tertiary/aromatic N) is 1. The number of anilines is 1. The van der Waals surface area contributed by atoms with E-state index >= 15 is 0 Å². The molecule has 3 unspecified atom stereocenters. The Hall–Kier alpha value is -1.39. The standard InChI is InChI=1S/C17H24N2O2/c1-3-16-13(9-11-21-16)17(20)19-10-8-14(18-2)12-6-4-5-7-15(12)19/h4-7,13-14,16,18H,3,8-11H2,1-2H3. The lowest BCUT2D eigenvalue weighted by Gasteiger charge is -2.36. The number of nitrogens with one attached hydrogen (secondary N) is 1. The fourth-order valence-electron chi connectivity index (χ4n) is 3.62. The minimum absolute atomic E-state index is 0.0224. The van der Waals surface area contributed by atoms with Gasteiger partial charge in [-0.3, -0.25) is 4.79 Å². The zero-order chi connectivity index (χ0) is 14.8. The molecule has 0 radical (unpaired) electrons. The molecule has 1 aromatic carbocycles. The van der Waals surface area contributed by atoms with Crippen LogP contribution in [0, 0.1) is 5.92 Å². The molecule has 1 aromatic rings. The van der Waals surface area contributed by atoms with Gasteiger partial charge in [-0.1, -0.05) is 25.1 Å². The van der Waals surface area contributed by atoms with Gasteiger partial charge in [-0.05, 0) is 37.9 Å². The molecule has 3 rings (SSSR count). The fraction of sp³-hybridized carbons (Fsp3) is 0.588. The Morgan fingerprint density at radius 3 is 2.95 bits per heavy atom. The van der Waals surface area contributed by atoms with Gasteiger partial charge in [0.15, 0.2) is 0 Å². The second-order valence-electron chi connectivity index (χ2n) is 5.89. The number of para-hydroxylation sites is 1. The number of hydrogen-bond acceptors (Lipinski definition) is 3. The van der Waals surface area contributed by atoms with Crippen LogP contribution < -0.4 is 10.2 Å². The van der Waals surface area contributed by atoms with Crippen molar-refractivity contribution in [2.24, 2.45) is 5.92 Å². The average Bonchev–Trinajstić information content (AvgIpc) is 3.01. The van der Waals surface area contributed by atoms with Gasteiger partial charge in [-0.25, -0.2) is 0 Å². The number of carbonyl (C=O) groups is 1. The van der Waals surface area contributed by atoms with Crippen LogP contribution in [0.2, 0.25) is 0 Å². The Kier molecular flexibility index (Phi) is 4.27. The number of amides is 1. The van der Waals surface area contributed by atoms with E-state index < -0.39 is 0 Å². The molecule has 0 aromatic heterocycles. The highest BCUT2D eigenvalue weighted by Gasteiger charge is 2.38. The molecule has 2 aliphatic rings. The van der Waals surface area contributed by atoms with E-state index in [1.165, 1.54) is 5.56 Å². The summed E-state index contributed by atoms with van der Waals surface area (Å²) in [6.45, 7) is 3.59. The SMILES string of the molecule is CCC1OCCC1C(=O)N1CCC(NC)c2ccccc21. The summed E-state index contributed by atoms with van der Waals surface area (Å²) in [5.74, 6) is 0.260. The number of fused-ring (bicyclic) bond motifs is 1. The Labute approximate surface area is 126 Å². The van der Waals surface area contributed by atoms with Crippen LogP contribution in [0.4, 0.5) is 5.69 Å². The van der Waals surface area contributed by atoms with Crippen molar-refractivity contribution in [2.75, 3.05) is 25.1 Å². The van der Waals surface area contributed by atoms with Gasteiger partial charge in [0.05, 0.1) is 12.0 Å². The first-order chi connectivity index (χ1) is 10.3. The predicted molar refractivity (Wildman–Crippen MR) is 83.4 cm³/mol. The van der Waals surface area contributed by atoms with E-state index in [9.17, 15) is 4.79 Å². The maximum absolute atomic E-state index is 13.0. The number of benzene rings is 1. The maximum atomic E-state index is 13.0. The van der Waals surface area contributed by atoms with Gasteiger partial charge in [0, 0.05) is 24.9 Å². The van der Waals surface area contributed by atoms with Gasteiger partial charge in [0.2, 0.25) is 5.91 Å². The van der Waals surface area contributed by atoms with Gasteiger partial charge in [-0.15, -0.1) is 0 Å². The summed E-state index contributed by atoms with van der Waals surface area (Å²) in [6, 6.07) is 8.59. The monoisotopic (exact) mass is 288 g/mol. The Morgan fingerprint density at radius 2 is 2.19 bits per heavy atom. The molecule has 4 nitrogen and oxygen atoms in total. The molecule has 0 bridgehead atoms. The van der Waals surface area contributed by atoms with Crippen LogP contribution in [0.5, 0.6) is 0 Å². The van der Waals surface area contributed by atoms with Crippen molar-refractivity contribution < 1.29 is 9.53 Å². The highest BCUT2D eigenvalue weighted by atomic mass is 16.5. The first-order valence-corrected chi connectivity index (χ1v) is 7.95. The van der Waals surface area contributed by atoms with E-state index in [1.54, 1.807) is 0 Å². The lowest BCUT2D eigenvalue weighted by molar-refractivity contribution is -0.124. The Morgan fingerprint density at radius 1 is 1.38 bits per heavy atom. The summed E-state index contributed by atoms with van der Waals surface area (Å²) in [6.07, 6.45) is 2.81. The highest BCUT2D eigenvalue weighted by Crippen LogP contribution is 2.36. The van der Waals surface area contributed by atoms with Crippen LogP contribution in [-0.4, -0.2) is 32.2 Å². The summed E-state index contributed by atoms with van der Waals surface area (Å²) in [5.41, 5.74) is 2.29. The van der Waals surface area contributed by atoms with Gasteiger partial charge in [-0.2, -0.15) is 0 Å². The number of hydrogen-bond donors (Lipinski definition) is 1. The van der Waals surface area contributed by atoms with Crippen LogP contribution in [0.1, 0.15) is 37.8 Å². The van der Waals surface area contributed by atoms with Crippen molar-refractivity contribution in [3.63, 3.8) is 0 Å². The lowest BCUT2D eigenvalue weighted by Crippen LogP contribution is -2.44. The van der Waals surface area contributed by atoms with E-state index in [4.69, 9.17) is 4.74 Å². The van der Waals surface area contributed by atoms with E-state index in [-0.39, 0.29) is 17.9 Å². The first-order valence-electron chi connectivity index (χ1n) is 7.95. The average molecular weight is 288 g/mol. The van der Waals surface area contributed by atoms with Crippen molar-refractivity contribution in [1.29, 1.82) is 0 Å². The number of carbonyl (C=O) groups excluding carboxylic acids is 1. The summed E-state index contributed by atoms with van der Waals surface area (Å²) in [7, 11) is 1.98. The smallest absolute Gasteiger partial charge is 0.232 e. The van der Waals surface area contributed by atoms with E-state index in [1.807, 2.05) is 24.1 Å². The quantitative estimate of drug-likeness (QED) is 0.929. The molecule has 114 valence electrons. The summed E-state index contributed by atoms with van der Waals surface area (Å²) >= 11 is 0. The molecule has 0 spiro atoms. The number of ether oxygens (including phenoxy) is 1. The number of rotatable bonds is 3. The second kappa shape index (κ2) is 6.16. The largest absolute Gasteiger partial charge is 0.377 e. The van der Waals surface area contributed by atoms with Crippen LogP contribution >= 0.6 is 0 Å². The minimum Gasteiger partial charge on any atom is -0.377 e. The molecule has 0 saturated carbocycles. The molecule has 3 atom stereocenters. The lowest BCUT2D eigenvalue weighted by atomic mass is 9.92. The van der Waals surface area contributed by atoms with Crippen LogP contribution in [-0.2, 0) is 9.53 Å². The normalized spacial score (nSPS) is 28.5. The fourth-order valence-corrected chi connectivity index (χ4v) is 3.62. The van der Waals surface area contributed by atoms with Crippen molar-refractivity contribution in [2.45, 2.75) is 38.3 Å². The molecule has 4 heteroatoms. The van der Waals surface area contributed by atoms with Crippen molar-refractivity contribution in [3.05, 3.63) is 29.8 Å². The van der Waals surface area contributed by atoms with E-state index in [2.05, 4.69) is 24.4 Å². The van der Waals surface area contributed by atoms with E-state index in [0.29, 0.717) is 12.6 Å². The zero-order valence-electron chi connectivity index (χ0n) is 12.8. The van der Waals surface area contributed by atoms with Crippen LogP contribution in [0.3, 0.4) is 0 Å². The summed E-state index contributed by atoms with van der Waals surface area (Å²) < 4.78 is 5.70. The van der Waals surface area contributed by atoms with E-state index in [0.717, 1.165) is 31.5 Å². The molecule has 0 aliphatic carbocycles. The molecule has 1 fully saturated rings. The maximum Gasteiger partial charge on any atom is 0.232 e. The van der Waals surface area contributed by atoms with Crippen molar-refractivity contribution in [3.8, 4) is 0 Å². The molecule has 1 saturated heterocycles. The van der Waals surface area contributed by atoms with Crippen molar-refractivity contribution >= 4 is 11.6 Å². The molecule has 1 N–H and O–H groups in total. The topological polar surface area (TPSA) is 41.6 Å². The third-order valence-corrected chi connectivity index (χ3v) is 4.79. The van der Waals surface area contributed by atoms with Gasteiger partial charge in [0.1, 0.15) is 0 Å². The summed E-state index contributed by atoms with van der Waals surface area (Å²) in [4.78, 5) is 14.9. The molecular formula is C17H24N2O2. The first kappa shape index (κ1) is 14.5. The van der Waals surface area contributed by atoms with Crippen LogP contribution in [0.15, 0.2) is 24.3 Å². The molecule has 2 heterocycles. The van der Waals surface area contributed by atoms with Gasteiger partial charge in [0.25, 0.3) is 0 Å². The molecule has 2 aliphatic heterocycles. The Balaban J connectivity index is 1.87. The second-order valence-corrected chi connectivity index (χ2v) is 5.89. The van der Waals surface area contributed by atoms with Crippen molar-refractivity contribution in [1.82, 2.24) is 5.32 Å². The minimum atomic E-state index is 0.0224. The van der Waals surface area contributed by atoms with Crippen LogP contribution in [0.25, 0.3) is 0 Å². The third-order valence-electron chi connectivity index (χ3n) is 4.79. The third kappa shape index (κ3) is 2.58. The highest BCUT2D eigenvalue weighted by molar-refractivity contribution is 5.96. The predicted octanol–water partition coefficient (Wildman–Crippen LogP) is 2.50. The zero-order valence-corrected chi connectivity index (χ0v) is 12.8. The molecule has 1 amide bonds. The van der Waals surface area contributed by atoms with Gasteiger partial charge < -0.3 is 15.0 Å².